The molecule has 10 heavy (non-hydrogen) atoms. The summed E-state index contributed by atoms with van der Waals surface area (Å²) in [5, 5.41) is 0. The van der Waals surface area contributed by atoms with Gasteiger partial charge in [-0.15, -0.1) is 0 Å². The van der Waals surface area contributed by atoms with Crippen molar-refractivity contribution >= 4 is 0 Å². The fraction of sp³-hybridized carbons (Fsp3) is 0.556. The van der Waals surface area contributed by atoms with Gasteiger partial charge in [0.1, 0.15) is 0 Å². The van der Waals surface area contributed by atoms with Crippen molar-refractivity contribution in [1.29, 1.82) is 0 Å². The number of rotatable bonds is 0. The fourth-order valence-electron chi connectivity index (χ4n) is 1.04. The highest BCUT2D eigenvalue weighted by Crippen LogP contribution is 2.31. The second-order valence-electron chi connectivity index (χ2n) is 3.48. The Kier molecular flexibility index (Phi) is 1.69. The van der Waals surface area contributed by atoms with Gasteiger partial charge in [0.2, 0.25) is 0 Å². The first kappa shape index (κ1) is 7.55. The van der Waals surface area contributed by atoms with Crippen molar-refractivity contribution in [3.05, 3.63) is 23.8 Å². The molecule has 1 unspecified atom stereocenters. The Morgan fingerprint density at radius 1 is 1.50 bits per heavy atom. The molecule has 0 saturated carbocycles. The van der Waals surface area contributed by atoms with E-state index in [2.05, 4.69) is 26.8 Å². The first-order chi connectivity index (χ1) is 4.55. The van der Waals surface area contributed by atoms with E-state index in [9.17, 15) is 0 Å². The summed E-state index contributed by atoms with van der Waals surface area (Å²) in [4.78, 5) is 0. The molecule has 0 bridgehead atoms. The Labute approximate surface area is 62.6 Å². The normalized spacial score (nSPS) is 30.0. The molecule has 1 atom stereocenters. The molecule has 1 heteroatoms. The van der Waals surface area contributed by atoms with Gasteiger partial charge in [-0.3, -0.25) is 0 Å². The van der Waals surface area contributed by atoms with Crippen molar-refractivity contribution < 1.29 is 0 Å². The Bertz CT molecular complexity index is 187. The van der Waals surface area contributed by atoms with Crippen LogP contribution in [0.4, 0.5) is 0 Å². The molecule has 1 rings (SSSR count). The second-order valence-corrected chi connectivity index (χ2v) is 3.48. The second kappa shape index (κ2) is 2.24. The maximum Gasteiger partial charge on any atom is 0.0316 e. The lowest BCUT2D eigenvalue weighted by Crippen LogP contribution is -2.37. The molecule has 1 nitrogen and oxygen atoms in total. The van der Waals surface area contributed by atoms with Crippen LogP contribution in [0.3, 0.4) is 0 Å². The lowest BCUT2D eigenvalue weighted by Gasteiger charge is -2.32. The molecule has 0 aromatic rings. The van der Waals surface area contributed by atoms with E-state index < -0.39 is 0 Å². The van der Waals surface area contributed by atoms with E-state index in [1.807, 2.05) is 12.2 Å². The van der Waals surface area contributed by atoms with Gasteiger partial charge in [0.25, 0.3) is 0 Å². The average Bonchev–Trinajstić information content (AvgIpc) is 1.84. The molecule has 1 aliphatic rings. The Morgan fingerprint density at radius 2 is 2.10 bits per heavy atom. The maximum absolute atomic E-state index is 5.88. The van der Waals surface area contributed by atoms with Crippen molar-refractivity contribution in [3.63, 3.8) is 0 Å². The van der Waals surface area contributed by atoms with Crippen LogP contribution < -0.4 is 5.73 Å². The first-order valence-electron chi connectivity index (χ1n) is 3.66. The third-order valence-electron chi connectivity index (χ3n) is 2.51. The SMILES string of the molecule is CC1=CC=CC(N)C1(C)C. The van der Waals surface area contributed by atoms with Gasteiger partial charge in [0.15, 0.2) is 0 Å². The summed E-state index contributed by atoms with van der Waals surface area (Å²) in [6.45, 7) is 6.48. The summed E-state index contributed by atoms with van der Waals surface area (Å²) >= 11 is 0. The van der Waals surface area contributed by atoms with Gasteiger partial charge in [-0.1, -0.05) is 37.6 Å². The summed E-state index contributed by atoms with van der Waals surface area (Å²) in [6.07, 6.45) is 6.21. The van der Waals surface area contributed by atoms with Crippen molar-refractivity contribution in [2.45, 2.75) is 26.8 Å². The zero-order valence-corrected chi connectivity index (χ0v) is 6.89. The van der Waals surface area contributed by atoms with Crippen LogP contribution in [-0.2, 0) is 0 Å². The van der Waals surface area contributed by atoms with Gasteiger partial charge in [0, 0.05) is 11.5 Å². The minimum Gasteiger partial charge on any atom is -0.324 e. The van der Waals surface area contributed by atoms with E-state index in [1.165, 1.54) is 5.57 Å². The molecule has 0 spiro atoms. The summed E-state index contributed by atoms with van der Waals surface area (Å²) in [5.41, 5.74) is 7.39. The van der Waals surface area contributed by atoms with Crippen LogP contribution in [0.15, 0.2) is 23.8 Å². The minimum absolute atomic E-state index is 0.148. The number of hydrogen-bond donors (Lipinski definition) is 1. The fourth-order valence-corrected chi connectivity index (χ4v) is 1.04. The van der Waals surface area contributed by atoms with Crippen molar-refractivity contribution in [2.24, 2.45) is 11.1 Å². The maximum atomic E-state index is 5.88. The highest BCUT2D eigenvalue weighted by atomic mass is 14.7. The van der Waals surface area contributed by atoms with Gasteiger partial charge in [-0.25, -0.2) is 0 Å². The van der Waals surface area contributed by atoms with E-state index in [1.54, 1.807) is 0 Å². The minimum atomic E-state index is 0.148. The van der Waals surface area contributed by atoms with Gasteiger partial charge < -0.3 is 5.73 Å². The molecule has 0 saturated heterocycles. The van der Waals surface area contributed by atoms with E-state index in [4.69, 9.17) is 5.73 Å². The Morgan fingerprint density at radius 3 is 2.50 bits per heavy atom. The molecule has 0 amide bonds. The molecular weight excluding hydrogens is 122 g/mol. The Hall–Kier alpha value is -0.560. The molecule has 0 aromatic carbocycles. The third-order valence-corrected chi connectivity index (χ3v) is 2.51. The quantitative estimate of drug-likeness (QED) is 0.542. The van der Waals surface area contributed by atoms with Crippen molar-refractivity contribution in [1.82, 2.24) is 0 Å². The van der Waals surface area contributed by atoms with Gasteiger partial charge >= 0.3 is 0 Å². The largest absolute Gasteiger partial charge is 0.324 e. The zero-order valence-electron chi connectivity index (χ0n) is 6.89. The van der Waals surface area contributed by atoms with Gasteiger partial charge in [-0.05, 0) is 6.92 Å². The Balaban J connectivity index is 2.93. The van der Waals surface area contributed by atoms with Crippen LogP contribution in [0.25, 0.3) is 0 Å². The average molecular weight is 137 g/mol. The third kappa shape index (κ3) is 1.01. The van der Waals surface area contributed by atoms with E-state index in [-0.39, 0.29) is 11.5 Å². The highest BCUT2D eigenvalue weighted by Gasteiger charge is 2.27. The number of nitrogens with two attached hydrogens (primary N) is 1. The highest BCUT2D eigenvalue weighted by molar-refractivity contribution is 5.27. The molecule has 0 heterocycles. The molecule has 0 aliphatic heterocycles. The number of allylic oxidation sites excluding steroid dienone is 2. The molecule has 1 aliphatic carbocycles. The first-order valence-corrected chi connectivity index (χ1v) is 3.66. The van der Waals surface area contributed by atoms with Crippen molar-refractivity contribution in [2.75, 3.05) is 0 Å². The monoisotopic (exact) mass is 137 g/mol. The van der Waals surface area contributed by atoms with Crippen LogP contribution in [0.2, 0.25) is 0 Å². The molecule has 0 fully saturated rings. The standard InChI is InChI=1S/C9H15N/c1-7-5-4-6-8(10)9(7,2)3/h4-6,8H,10H2,1-3H3. The van der Waals surface area contributed by atoms with Crippen molar-refractivity contribution in [3.8, 4) is 0 Å². The number of hydrogen-bond acceptors (Lipinski definition) is 1. The van der Waals surface area contributed by atoms with Crippen LogP contribution in [0, 0.1) is 5.41 Å². The molecule has 2 N–H and O–H groups in total. The summed E-state index contributed by atoms with van der Waals surface area (Å²) in [7, 11) is 0. The molecule has 0 radical (unpaired) electrons. The lowest BCUT2D eigenvalue weighted by molar-refractivity contribution is 0.391. The predicted molar refractivity (Wildman–Crippen MR) is 44.7 cm³/mol. The van der Waals surface area contributed by atoms with E-state index in [0.717, 1.165) is 0 Å². The molecule has 0 aromatic heterocycles. The topological polar surface area (TPSA) is 26.0 Å². The predicted octanol–water partition coefficient (Wildman–Crippen LogP) is 1.86. The van der Waals surface area contributed by atoms with Gasteiger partial charge in [-0.2, -0.15) is 0 Å². The summed E-state index contributed by atoms with van der Waals surface area (Å²) in [6, 6.07) is 0.178. The molecule has 56 valence electrons. The van der Waals surface area contributed by atoms with Crippen LogP contribution >= 0.6 is 0 Å². The van der Waals surface area contributed by atoms with Crippen LogP contribution in [-0.4, -0.2) is 6.04 Å². The smallest absolute Gasteiger partial charge is 0.0316 e. The van der Waals surface area contributed by atoms with E-state index in [0.29, 0.717) is 0 Å². The van der Waals surface area contributed by atoms with Crippen LogP contribution in [0.5, 0.6) is 0 Å². The zero-order chi connectivity index (χ0) is 7.78. The summed E-state index contributed by atoms with van der Waals surface area (Å²) < 4.78 is 0. The van der Waals surface area contributed by atoms with Gasteiger partial charge in [0.05, 0.1) is 0 Å². The lowest BCUT2D eigenvalue weighted by atomic mass is 9.76. The summed E-state index contributed by atoms with van der Waals surface area (Å²) in [5.74, 6) is 0. The van der Waals surface area contributed by atoms with Crippen LogP contribution in [0.1, 0.15) is 20.8 Å². The van der Waals surface area contributed by atoms with E-state index >= 15 is 0 Å². The molecular formula is C9H15N.